The van der Waals surface area contributed by atoms with E-state index in [9.17, 15) is 4.39 Å². The van der Waals surface area contributed by atoms with Gasteiger partial charge in [-0.25, -0.2) is 14.1 Å². The van der Waals surface area contributed by atoms with Crippen LogP contribution in [-0.4, -0.2) is 25.8 Å². The second-order valence-electron chi connectivity index (χ2n) is 6.77. The molecule has 6 nitrogen and oxygen atoms in total. The molecular formula is C20H16ClFN6. The monoisotopic (exact) mass is 394 g/mol. The molecule has 1 aliphatic rings. The fraction of sp³-hybridized carbons (Fsp3) is 0.150. The van der Waals surface area contributed by atoms with Crippen molar-refractivity contribution in [1.29, 1.82) is 0 Å². The average Bonchev–Trinajstić information content (AvgIpc) is 3.44. The number of nitrogens with two attached hydrogens (primary N) is 1. The van der Waals surface area contributed by atoms with Crippen LogP contribution in [0.3, 0.4) is 0 Å². The van der Waals surface area contributed by atoms with E-state index >= 15 is 0 Å². The summed E-state index contributed by atoms with van der Waals surface area (Å²) in [5, 5.41) is 9.00. The summed E-state index contributed by atoms with van der Waals surface area (Å²) in [5.41, 5.74) is 8.88. The summed E-state index contributed by atoms with van der Waals surface area (Å²) in [7, 11) is 0. The molecule has 0 bridgehead atoms. The number of benzene rings is 2. The van der Waals surface area contributed by atoms with E-state index in [4.69, 9.17) is 17.3 Å². The van der Waals surface area contributed by atoms with Crippen LogP contribution >= 0.6 is 11.6 Å². The molecule has 0 spiro atoms. The Hall–Kier alpha value is -3.19. The molecule has 0 radical (unpaired) electrons. The second-order valence-corrected chi connectivity index (χ2v) is 7.18. The van der Waals surface area contributed by atoms with Crippen LogP contribution in [-0.2, 0) is 0 Å². The summed E-state index contributed by atoms with van der Waals surface area (Å²) >= 11 is 6.33. The van der Waals surface area contributed by atoms with Gasteiger partial charge in [0.1, 0.15) is 11.6 Å². The lowest BCUT2D eigenvalue weighted by atomic mass is 10.1. The Balaban J connectivity index is 1.76. The molecule has 0 aliphatic heterocycles. The third kappa shape index (κ3) is 2.93. The van der Waals surface area contributed by atoms with Crippen LogP contribution in [0.5, 0.6) is 0 Å². The van der Waals surface area contributed by atoms with Crippen molar-refractivity contribution in [2.45, 2.75) is 18.9 Å². The van der Waals surface area contributed by atoms with E-state index in [1.54, 1.807) is 22.9 Å². The minimum atomic E-state index is -0.315. The zero-order valence-corrected chi connectivity index (χ0v) is 15.5. The third-order valence-electron chi connectivity index (χ3n) is 4.68. The summed E-state index contributed by atoms with van der Waals surface area (Å²) < 4.78 is 15.0. The summed E-state index contributed by atoms with van der Waals surface area (Å²) in [5.74, 6) is 0.545. The van der Waals surface area contributed by atoms with Crippen LogP contribution < -0.4 is 11.1 Å². The highest BCUT2D eigenvalue weighted by molar-refractivity contribution is 6.32. The first-order valence-electron chi connectivity index (χ1n) is 8.94. The molecule has 0 saturated heterocycles. The number of halogens is 2. The fourth-order valence-electron chi connectivity index (χ4n) is 3.11. The minimum Gasteiger partial charge on any atom is -0.383 e. The molecule has 2 heterocycles. The molecule has 0 atom stereocenters. The van der Waals surface area contributed by atoms with Crippen molar-refractivity contribution < 1.29 is 4.39 Å². The second kappa shape index (κ2) is 6.45. The van der Waals surface area contributed by atoms with E-state index in [0.717, 1.165) is 18.4 Å². The van der Waals surface area contributed by atoms with Crippen molar-refractivity contribution in [2.24, 2.45) is 0 Å². The van der Waals surface area contributed by atoms with Crippen molar-refractivity contribution in [3.05, 3.63) is 59.4 Å². The molecule has 3 N–H and O–H groups in total. The van der Waals surface area contributed by atoms with E-state index in [-0.39, 0.29) is 5.82 Å². The average molecular weight is 395 g/mol. The molecule has 2 aromatic carbocycles. The van der Waals surface area contributed by atoms with Crippen molar-refractivity contribution >= 4 is 34.4 Å². The number of rotatable bonds is 4. The number of aromatic nitrogens is 4. The Morgan fingerprint density at radius 1 is 1.07 bits per heavy atom. The zero-order valence-electron chi connectivity index (χ0n) is 14.7. The highest BCUT2D eigenvalue weighted by atomic mass is 35.5. The maximum atomic E-state index is 13.4. The normalized spacial score (nSPS) is 13.8. The standard InChI is InChI=1S/C20H16ClFN6/c21-14-3-1-2-4-15(14)28-18(23)16-17(11-5-7-12(22)8-6-11)25-20(24-13-9-10-13)26-19(16)27-28/h1-8,13H,9-10,23H2,(H,24,26,27). The Morgan fingerprint density at radius 2 is 1.82 bits per heavy atom. The van der Waals surface area contributed by atoms with Gasteiger partial charge in [0.15, 0.2) is 5.65 Å². The molecule has 1 fully saturated rings. The zero-order chi connectivity index (χ0) is 19.3. The van der Waals surface area contributed by atoms with Gasteiger partial charge in [-0.15, -0.1) is 5.10 Å². The van der Waals surface area contributed by atoms with Crippen molar-refractivity contribution in [2.75, 3.05) is 11.1 Å². The van der Waals surface area contributed by atoms with Crippen LogP contribution in [0, 0.1) is 5.82 Å². The van der Waals surface area contributed by atoms with Crippen LogP contribution in [0.2, 0.25) is 5.02 Å². The van der Waals surface area contributed by atoms with E-state index < -0.39 is 0 Å². The number of nitrogens with zero attached hydrogens (tertiary/aromatic N) is 4. The maximum absolute atomic E-state index is 13.4. The predicted octanol–water partition coefficient (Wildman–Crippen LogP) is 4.43. The van der Waals surface area contributed by atoms with Gasteiger partial charge in [0, 0.05) is 11.6 Å². The van der Waals surface area contributed by atoms with E-state index in [1.807, 2.05) is 18.2 Å². The number of nitrogen functional groups attached to an aromatic ring is 1. The Kier molecular flexibility index (Phi) is 3.91. The van der Waals surface area contributed by atoms with Gasteiger partial charge in [-0.1, -0.05) is 23.7 Å². The molecule has 4 aromatic rings. The van der Waals surface area contributed by atoms with Gasteiger partial charge in [0.25, 0.3) is 0 Å². The lowest BCUT2D eigenvalue weighted by Crippen LogP contribution is -2.06. The summed E-state index contributed by atoms with van der Waals surface area (Å²) in [6.07, 6.45) is 2.17. The first kappa shape index (κ1) is 16.9. The van der Waals surface area contributed by atoms with E-state index in [1.165, 1.54) is 12.1 Å². The number of fused-ring (bicyclic) bond motifs is 1. The van der Waals surface area contributed by atoms with Gasteiger partial charge < -0.3 is 11.1 Å². The summed E-state index contributed by atoms with van der Waals surface area (Å²) in [6.45, 7) is 0. The largest absolute Gasteiger partial charge is 0.383 e. The van der Waals surface area contributed by atoms with Crippen LogP contribution in [0.25, 0.3) is 28.0 Å². The van der Waals surface area contributed by atoms with Crippen molar-refractivity contribution in [3.63, 3.8) is 0 Å². The van der Waals surface area contributed by atoms with Crippen LogP contribution in [0.1, 0.15) is 12.8 Å². The highest BCUT2D eigenvalue weighted by Gasteiger charge is 2.25. The third-order valence-corrected chi connectivity index (χ3v) is 5.00. The molecule has 5 rings (SSSR count). The predicted molar refractivity (Wildman–Crippen MR) is 108 cm³/mol. The SMILES string of the molecule is Nc1c2c(-c3ccc(F)cc3)nc(NC3CC3)nc2nn1-c1ccccc1Cl. The highest BCUT2D eigenvalue weighted by Crippen LogP contribution is 2.35. The minimum absolute atomic E-state index is 0.315. The maximum Gasteiger partial charge on any atom is 0.225 e. The van der Waals surface area contributed by atoms with Crippen LogP contribution in [0.4, 0.5) is 16.2 Å². The van der Waals surface area contributed by atoms with Gasteiger partial charge in [0.05, 0.1) is 21.8 Å². The van der Waals surface area contributed by atoms with Crippen molar-refractivity contribution in [3.8, 4) is 16.9 Å². The lowest BCUT2D eigenvalue weighted by molar-refractivity contribution is 0.628. The van der Waals surface area contributed by atoms with Gasteiger partial charge >= 0.3 is 0 Å². The molecule has 1 saturated carbocycles. The smallest absolute Gasteiger partial charge is 0.225 e. The quantitative estimate of drug-likeness (QED) is 0.535. The Morgan fingerprint density at radius 3 is 2.54 bits per heavy atom. The first-order chi connectivity index (χ1) is 13.6. The molecule has 28 heavy (non-hydrogen) atoms. The summed E-state index contributed by atoms with van der Waals surface area (Å²) in [6, 6.07) is 13.8. The van der Waals surface area contributed by atoms with Gasteiger partial charge in [-0.2, -0.15) is 4.98 Å². The summed E-state index contributed by atoms with van der Waals surface area (Å²) in [4.78, 5) is 9.20. The molecule has 0 unspecified atom stereocenters. The molecule has 8 heteroatoms. The van der Waals surface area contributed by atoms with Crippen LogP contribution in [0.15, 0.2) is 48.5 Å². The first-order valence-corrected chi connectivity index (χ1v) is 9.31. The molecule has 140 valence electrons. The van der Waals surface area contributed by atoms with Gasteiger partial charge in [-0.3, -0.25) is 0 Å². The molecular weight excluding hydrogens is 379 g/mol. The fourth-order valence-corrected chi connectivity index (χ4v) is 3.33. The Bertz CT molecular complexity index is 1180. The molecule has 1 aliphatic carbocycles. The van der Waals surface area contributed by atoms with Gasteiger partial charge in [-0.05, 0) is 49.2 Å². The molecule has 2 aromatic heterocycles. The number of para-hydroxylation sites is 1. The number of hydrogen-bond acceptors (Lipinski definition) is 5. The van der Waals surface area contributed by atoms with E-state index in [0.29, 0.717) is 45.2 Å². The Labute approximate surface area is 165 Å². The lowest BCUT2D eigenvalue weighted by Gasteiger charge is -2.08. The van der Waals surface area contributed by atoms with E-state index in [2.05, 4.69) is 20.4 Å². The van der Waals surface area contributed by atoms with Gasteiger partial charge in [0.2, 0.25) is 5.95 Å². The number of nitrogens with one attached hydrogen (secondary N) is 1. The number of anilines is 2. The molecule has 0 amide bonds. The van der Waals surface area contributed by atoms with Crippen molar-refractivity contribution in [1.82, 2.24) is 19.7 Å². The number of hydrogen-bond donors (Lipinski definition) is 2. The topological polar surface area (TPSA) is 81.7 Å².